The van der Waals surface area contributed by atoms with Crippen molar-refractivity contribution in [3.8, 4) is 11.5 Å². The fourth-order valence-corrected chi connectivity index (χ4v) is 6.37. The second-order valence-electron chi connectivity index (χ2n) is 12.0. The van der Waals surface area contributed by atoms with Crippen LogP contribution < -0.4 is 21.1 Å². The molecule has 5 rings (SSSR count). The summed E-state index contributed by atoms with van der Waals surface area (Å²) in [5.41, 5.74) is 7.61. The molecule has 4 amide bonds. The Kier molecular flexibility index (Phi) is 10.8. The fraction of sp³-hybridized carbons (Fsp3) is 0.389. The van der Waals surface area contributed by atoms with Gasteiger partial charge in [0.25, 0.3) is 0 Å². The van der Waals surface area contributed by atoms with E-state index < -0.39 is 29.8 Å². The molecular weight excluding hydrogens is 568 g/mol. The summed E-state index contributed by atoms with van der Waals surface area (Å²) in [6.45, 7) is 0.560. The smallest absolute Gasteiger partial charge is 0.246 e. The first kappa shape index (κ1) is 31.8. The van der Waals surface area contributed by atoms with Gasteiger partial charge >= 0.3 is 0 Å². The minimum atomic E-state index is -0.948. The zero-order valence-electron chi connectivity index (χ0n) is 25.5. The highest BCUT2D eigenvalue weighted by atomic mass is 16.5. The summed E-state index contributed by atoms with van der Waals surface area (Å²) in [4.78, 5) is 55.9. The van der Waals surface area contributed by atoms with E-state index in [1.807, 2.05) is 84.9 Å². The van der Waals surface area contributed by atoms with Crippen LogP contribution in [-0.2, 0) is 32.1 Å². The van der Waals surface area contributed by atoms with Gasteiger partial charge in [-0.05, 0) is 67.5 Å². The van der Waals surface area contributed by atoms with Crippen molar-refractivity contribution in [2.24, 2.45) is 17.6 Å². The first-order valence-corrected chi connectivity index (χ1v) is 15.9. The van der Waals surface area contributed by atoms with Crippen molar-refractivity contribution in [1.29, 1.82) is 0 Å². The molecule has 236 valence electrons. The van der Waals surface area contributed by atoms with Gasteiger partial charge in [0.1, 0.15) is 23.6 Å². The van der Waals surface area contributed by atoms with Crippen LogP contribution in [0.5, 0.6) is 11.5 Å². The number of carbonyl (C=O) groups is 4. The third-order valence-corrected chi connectivity index (χ3v) is 8.78. The van der Waals surface area contributed by atoms with Gasteiger partial charge in [-0.2, -0.15) is 0 Å². The molecule has 3 aromatic carbocycles. The van der Waals surface area contributed by atoms with E-state index in [0.29, 0.717) is 50.1 Å². The molecule has 3 aromatic rings. The van der Waals surface area contributed by atoms with Gasteiger partial charge in [-0.25, -0.2) is 0 Å². The Morgan fingerprint density at radius 1 is 0.733 bits per heavy atom. The van der Waals surface area contributed by atoms with Gasteiger partial charge in [-0.1, -0.05) is 73.5 Å². The number of benzene rings is 3. The number of hydrogen-bond donors (Lipinski definition) is 3. The lowest BCUT2D eigenvalue weighted by Crippen LogP contribution is -2.57. The summed E-state index contributed by atoms with van der Waals surface area (Å²) in [7, 11) is 0. The fourth-order valence-electron chi connectivity index (χ4n) is 6.37. The topological polar surface area (TPSA) is 131 Å². The summed E-state index contributed by atoms with van der Waals surface area (Å²) >= 11 is 0. The molecule has 4 unspecified atom stereocenters. The number of nitrogens with zero attached hydrogens (tertiary/aromatic N) is 1. The second-order valence-corrected chi connectivity index (χ2v) is 12.0. The molecule has 2 fully saturated rings. The third-order valence-electron chi connectivity index (χ3n) is 8.78. The Morgan fingerprint density at radius 2 is 1.33 bits per heavy atom. The maximum absolute atomic E-state index is 14.5. The Bertz CT molecular complexity index is 1450. The number of para-hydroxylation sites is 1. The van der Waals surface area contributed by atoms with Crippen LogP contribution in [0.25, 0.3) is 0 Å². The van der Waals surface area contributed by atoms with E-state index in [0.717, 1.165) is 24.0 Å². The van der Waals surface area contributed by atoms with Crippen LogP contribution in [0.3, 0.4) is 0 Å². The molecule has 0 bridgehead atoms. The minimum Gasteiger partial charge on any atom is -0.457 e. The molecule has 9 heteroatoms. The van der Waals surface area contributed by atoms with Crippen molar-refractivity contribution in [2.75, 3.05) is 6.54 Å². The predicted octanol–water partition coefficient (Wildman–Crippen LogP) is 4.50. The number of fused-ring (bicyclic) bond motifs is 1. The average Bonchev–Trinajstić information content (AvgIpc) is 3.06. The summed E-state index contributed by atoms with van der Waals surface area (Å²) < 4.78 is 5.93. The molecule has 0 radical (unpaired) electrons. The number of rotatable bonds is 7. The lowest BCUT2D eigenvalue weighted by molar-refractivity contribution is -0.145. The Balaban J connectivity index is 1.45. The molecule has 45 heavy (non-hydrogen) atoms. The van der Waals surface area contributed by atoms with Crippen LogP contribution >= 0.6 is 0 Å². The second kappa shape index (κ2) is 15.4. The Morgan fingerprint density at radius 3 is 2.00 bits per heavy atom. The Hall–Kier alpha value is -4.66. The number of carbonyl (C=O) groups excluding carboxylic acids is 4. The quantitative estimate of drug-likeness (QED) is 0.363. The normalized spacial score (nSPS) is 23.2. The zero-order chi connectivity index (χ0) is 31.6. The summed E-state index contributed by atoms with van der Waals surface area (Å²) in [5, 5.41) is 6.02. The van der Waals surface area contributed by atoms with Crippen LogP contribution in [-0.4, -0.2) is 47.2 Å². The lowest BCUT2D eigenvalue weighted by Gasteiger charge is -2.35. The molecule has 1 heterocycles. The molecule has 0 aromatic heterocycles. The molecule has 1 aliphatic carbocycles. The zero-order valence-corrected chi connectivity index (χ0v) is 25.5. The SMILES string of the molecule is NC(=O)C1CCCCNC(=O)C2CCCCC2C(=O)NC(Cc2ccccc2)C(=O)N1Cc1ccc(Oc2ccccc2)cc1. The first-order valence-electron chi connectivity index (χ1n) is 15.9. The highest BCUT2D eigenvalue weighted by molar-refractivity contribution is 5.94. The van der Waals surface area contributed by atoms with E-state index in [1.54, 1.807) is 0 Å². The van der Waals surface area contributed by atoms with E-state index in [9.17, 15) is 19.2 Å². The molecular formula is C36H42N4O5. The maximum Gasteiger partial charge on any atom is 0.246 e. The standard InChI is InChI=1S/C36H42N4O5/c37-33(41)32-17-9-10-22-38-34(42)29-15-7-8-16-30(29)35(43)39-31(23-25-11-3-1-4-12-25)36(44)40(32)24-26-18-20-28(21-19-26)45-27-13-5-2-6-14-27/h1-6,11-14,18-21,29-32H,7-10,15-17,22-24H2,(H2,37,41)(H,38,42)(H,39,43). The highest BCUT2D eigenvalue weighted by Gasteiger charge is 2.39. The average molecular weight is 611 g/mol. The van der Waals surface area contributed by atoms with Gasteiger partial charge < -0.3 is 26.0 Å². The molecule has 9 nitrogen and oxygen atoms in total. The molecule has 1 saturated carbocycles. The molecule has 0 spiro atoms. The minimum absolute atomic E-state index is 0.120. The van der Waals surface area contributed by atoms with Gasteiger partial charge in [0.05, 0.1) is 0 Å². The predicted molar refractivity (Wildman–Crippen MR) is 171 cm³/mol. The van der Waals surface area contributed by atoms with Crippen LogP contribution in [0.15, 0.2) is 84.9 Å². The number of hydrogen-bond acceptors (Lipinski definition) is 5. The van der Waals surface area contributed by atoms with Crippen LogP contribution in [0.4, 0.5) is 0 Å². The van der Waals surface area contributed by atoms with Crippen LogP contribution in [0, 0.1) is 11.8 Å². The van der Waals surface area contributed by atoms with E-state index >= 15 is 0 Å². The summed E-state index contributed by atoms with van der Waals surface area (Å²) in [6.07, 6.45) is 4.75. The van der Waals surface area contributed by atoms with Crippen molar-refractivity contribution in [1.82, 2.24) is 15.5 Å². The van der Waals surface area contributed by atoms with Crippen molar-refractivity contribution < 1.29 is 23.9 Å². The third kappa shape index (κ3) is 8.50. The molecule has 1 aliphatic heterocycles. The number of nitrogens with one attached hydrogen (secondary N) is 2. The molecule has 4 atom stereocenters. The molecule has 1 saturated heterocycles. The largest absolute Gasteiger partial charge is 0.457 e. The van der Waals surface area contributed by atoms with Gasteiger partial charge in [0.15, 0.2) is 0 Å². The number of primary amides is 1. The maximum atomic E-state index is 14.5. The summed E-state index contributed by atoms with van der Waals surface area (Å²) in [6, 6.07) is 24.4. The number of nitrogens with two attached hydrogens (primary N) is 1. The number of ether oxygens (including phenoxy) is 1. The van der Waals surface area contributed by atoms with Gasteiger partial charge in [-0.3, -0.25) is 19.2 Å². The van der Waals surface area contributed by atoms with E-state index in [1.165, 1.54) is 4.90 Å². The first-order chi connectivity index (χ1) is 21.9. The lowest BCUT2D eigenvalue weighted by atomic mass is 9.78. The summed E-state index contributed by atoms with van der Waals surface area (Å²) in [5.74, 6) is -1.02. The van der Waals surface area contributed by atoms with Gasteiger partial charge in [0, 0.05) is 31.3 Å². The van der Waals surface area contributed by atoms with Crippen molar-refractivity contribution in [2.45, 2.75) is 70.0 Å². The highest BCUT2D eigenvalue weighted by Crippen LogP contribution is 2.31. The molecule has 2 aliphatic rings. The van der Waals surface area contributed by atoms with Crippen LogP contribution in [0.2, 0.25) is 0 Å². The van der Waals surface area contributed by atoms with Crippen molar-refractivity contribution in [3.05, 3.63) is 96.1 Å². The van der Waals surface area contributed by atoms with Gasteiger partial charge in [0.2, 0.25) is 23.6 Å². The number of amides is 4. The Labute approximate surface area is 264 Å². The van der Waals surface area contributed by atoms with Gasteiger partial charge in [-0.15, -0.1) is 0 Å². The molecule has 4 N–H and O–H groups in total. The van der Waals surface area contributed by atoms with E-state index in [2.05, 4.69) is 10.6 Å². The van der Waals surface area contributed by atoms with E-state index in [4.69, 9.17) is 10.5 Å². The van der Waals surface area contributed by atoms with Crippen LogP contribution in [0.1, 0.15) is 56.1 Å². The van der Waals surface area contributed by atoms with Crippen molar-refractivity contribution >= 4 is 23.6 Å². The van der Waals surface area contributed by atoms with E-state index in [-0.39, 0.29) is 30.7 Å². The monoisotopic (exact) mass is 610 g/mol. The van der Waals surface area contributed by atoms with Crippen molar-refractivity contribution in [3.63, 3.8) is 0 Å².